The zero-order valence-electron chi connectivity index (χ0n) is 16.4. The maximum absolute atomic E-state index is 11.9. The van der Waals surface area contributed by atoms with Crippen LogP contribution in [0.15, 0.2) is 48.5 Å². The van der Waals surface area contributed by atoms with Gasteiger partial charge >= 0.3 is 5.97 Å². The molecule has 0 aromatic heterocycles. The monoisotopic (exact) mass is 367 g/mol. The topological polar surface area (TPSA) is 60.8 Å². The average molecular weight is 367 g/mol. The zero-order chi connectivity index (χ0) is 19.6. The molecule has 0 bridgehead atoms. The van der Waals surface area contributed by atoms with E-state index in [0.29, 0.717) is 17.5 Å². The molecule has 0 heterocycles. The quantitative estimate of drug-likeness (QED) is 0.824. The summed E-state index contributed by atoms with van der Waals surface area (Å²) in [6.07, 6.45) is 3.70. The number of carboxylic acids is 1. The first-order valence-corrected chi connectivity index (χ1v) is 9.63. The molecule has 1 fully saturated rings. The van der Waals surface area contributed by atoms with E-state index in [2.05, 4.69) is 31.1 Å². The highest BCUT2D eigenvalue weighted by molar-refractivity contribution is 5.89. The lowest BCUT2D eigenvalue weighted by atomic mass is 9.66. The number of carboxylic acid groups (broad SMARTS) is 1. The second kappa shape index (κ2) is 7.83. The van der Waals surface area contributed by atoms with E-state index >= 15 is 0 Å². The summed E-state index contributed by atoms with van der Waals surface area (Å²) in [6.45, 7) is 1.80. The van der Waals surface area contributed by atoms with Crippen molar-refractivity contribution in [2.24, 2.45) is 5.92 Å². The second-order valence-corrected chi connectivity index (χ2v) is 7.93. The molecular formula is C23H29NO3. The molecule has 27 heavy (non-hydrogen) atoms. The van der Waals surface area contributed by atoms with Crippen LogP contribution >= 0.6 is 0 Å². The van der Waals surface area contributed by atoms with Gasteiger partial charge in [0.05, 0.1) is 11.2 Å². The number of aromatic carboxylic acids is 1. The molecule has 1 saturated carbocycles. The third-order valence-electron chi connectivity index (χ3n) is 5.97. The van der Waals surface area contributed by atoms with Crippen molar-refractivity contribution in [1.82, 2.24) is 4.90 Å². The molecular weight excluding hydrogens is 338 g/mol. The van der Waals surface area contributed by atoms with Gasteiger partial charge in [0.1, 0.15) is 0 Å². The molecule has 1 aliphatic carbocycles. The largest absolute Gasteiger partial charge is 0.478 e. The molecule has 4 heteroatoms. The molecule has 2 aromatic carbocycles. The Hall–Kier alpha value is -2.17. The third-order valence-corrected chi connectivity index (χ3v) is 5.97. The summed E-state index contributed by atoms with van der Waals surface area (Å²) in [7, 11) is 4.12. The molecule has 1 aliphatic rings. The minimum absolute atomic E-state index is 0.0405. The van der Waals surface area contributed by atoms with E-state index in [0.717, 1.165) is 24.8 Å². The molecule has 4 nitrogen and oxygen atoms in total. The Morgan fingerprint density at radius 2 is 1.85 bits per heavy atom. The predicted molar refractivity (Wildman–Crippen MR) is 107 cm³/mol. The van der Waals surface area contributed by atoms with Crippen LogP contribution in [0.3, 0.4) is 0 Å². The van der Waals surface area contributed by atoms with E-state index in [1.54, 1.807) is 19.1 Å². The van der Waals surface area contributed by atoms with Crippen LogP contribution in [0, 0.1) is 12.8 Å². The first kappa shape index (κ1) is 19.6. The highest BCUT2D eigenvalue weighted by Gasteiger charge is 2.45. The van der Waals surface area contributed by atoms with Crippen LogP contribution in [0.4, 0.5) is 0 Å². The summed E-state index contributed by atoms with van der Waals surface area (Å²) in [4.78, 5) is 13.6. The lowest BCUT2D eigenvalue weighted by molar-refractivity contribution is -0.0838. The van der Waals surface area contributed by atoms with Crippen LogP contribution in [-0.4, -0.2) is 35.2 Å². The molecule has 0 saturated heterocycles. The minimum atomic E-state index is -0.967. The maximum Gasteiger partial charge on any atom is 0.335 e. The normalized spacial score (nSPS) is 24.0. The summed E-state index contributed by atoms with van der Waals surface area (Å²) >= 11 is 0. The molecule has 0 aliphatic heterocycles. The van der Waals surface area contributed by atoms with Gasteiger partial charge in [-0.3, -0.25) is 0 Å². The van der Waals surface area contributed by atoms with Gasteiger partial charge in [-0.15, -0.1) is 0 Å². The van der Waals surface area contributed by atoms with Gasteiger partial charge in [-0.25, -0.2) is 4.79 Å². The van der Waals surface area contributed by atoms with Crippen molar-refractivity contribution in [3.8, 4) is 0 Å². The van der Waals surface area contributed by atoms with Gasteiger partial charge in [0.25, 0.3) is 0 Å². The number of nitrogens with zero attached hydrogens (tertiary/aromatic N) is 1. The van der Waals surface area contributed by atoms with E-state index in [9.17, 15) is 15.0 Å². The highest BCUT2D eigenvalue weighted by atomic mass is 16.4. The smallest absolute Gasteiger partial charge is 0.335 e. The van der Waals surface area contributed by atoms with Gasteiger partial charge in [0.2, 0.25) is 0 Å². The van der Waals surface area contributed by atoms with Crippen molar-refractivity contribution in [1.29, 1.82) is 0 Å². The van der Waals surface area contributed by atoms with Crippen LogP contribution < -0.4 is 0 Å². The number of aryl methyl sites for hydroxylation is 1. The van der Waals surface area contributed by atoms with Crippen LogP contribution in [0.1, 0.15) is 58.8 Å². The number of carbonyl (C=O) groups is 1. The average Bonchev–Trinajstić information content (AvgIpc) is 2.64. The molecule has 2 aromatic rings. The Balaban J connectivity index is 2.06. The van der Waals surface area contributed by atoms with Crippen molar-refractivity contribution < 1.29 is 15.0 Å². The Kier molecular flexibility index (Phi) is 5.68. The number of rotatable bonds is 5. The van der Waals surface area contributed by atoms with Crippen LogP contribution in [0.5, 0.6) is 0 Å². The summed E-state index contributed by atoms with van der Waals surface area (Å²) in [5, 5.41) is 21.2. The van der Waals surface area contributed by atoms with E-state index in [4.69, 9.17) is 0 Å². The Bertz CT molecular complexity index is 803. The maximum atomic E-state index is 11.9. The van der Waals surface area contributed by atoms with E-state index in [1.807, 2.05) is 24.3 Å². The molecule has 3 atom stereocenters. The molecule has 0 radical (unpaired) electrons. The van der Waals surface area contributed by atoms with Crippen molar-refractivity contribution in [3.63, 3.8) is 0 Å². The fraction of sp³-hybridized carbons (Fsp3) is 0.435. The van der Waals surface area contributed by atoms with Gasteiger partial charge in [0.15, 0.2) is 0 Å². The number of benzene rings is 2. The summed E-state index contributed by atoms with van der Waals surface area (Å²) in [6, 6.07) is 15.7. The zero-order valence-corrected chi connectivity index (χ0v) is 16.4. The fourth-order valence-corrected chi connectivity index (χ4v) is 4.67. The van der Waals surface area contributed by atoms with Crippen LogP contribution in [-0.2, 0) is 5.60 Å². The van der Waals surface area contributed by atoms with E-state index in [-0.39, 0.29) is 12.0 Å². The molecule has 144 valence electrons. The first-order valence-electron chi connectivity index (χ1n) is 9.63. The molecule has 0 spiro atoms. The van der Waals surface area contributed by atoms with Crippen molar-refractivity contribution in [3.05, 3.63) is 70.8 Å². The van der Waals surface area contributed by atoms with Crippen molar-refractivity contribution in [2.75, 3.05) is 14.1 Å². The van der Waals surface area contributed by atoms with Gasteiger partial charge in [-0.05, 0) is 56.6 Å². The van der Waals surface area contributed by atoms with Crippen LogP contribution in [0.25, 0.3) is 0 Å². The molecule has 3 unspecified atom stereocenters. The van der Waals surface area contributed by atoms with Crippen molar-refractivity contribution >= 4 is 5.97 Å². The molecule has 0 amide bonds. The third kappa shape index (κ3) is 3.78. The summed E-state index contributed by atoms with van der Waals surface area (Å²) in [5.41, 5.74) is 2.05. The van der Waals surface area contributed by atoms with E-state index < -0.39 is 11.6 Å². The van der Waals surface area contributed by atoms with Crippen LogP contribution in [0.2, 0.25) is 0 Å². The summed E-state index contributed by atoms with van der Waals surface area (Å²) < 4.78 is 0. The van der Waals surface area contributed by atoms with Gasteiger partial charge < -0.3 is 15.1 Å². The number of hydrogen-bond acceptors (Lipinski definition) is 3. The minimum Gasteiger partial charge on any atom is -0.478 e. The van der Waals surface area contributed by atoms with Gasteiger partial charge in [0, 0.05) is 12.0 Å². The lowest BCUT2D eigenvalue weighted by Gasteiger charge is -2.46. The highest BCUT2D eigenvalue weighted by Crippen LogP contribution is 2.49. The van der Waals surface area contributed by atoms with E-state index in [1.165, 1.54) is 5.56 Å². The molecule has 3 rings (SSSR count). The Labute approximate surface area is 161 Å². The molecule has 2 N–H and O–H groups in total. The number of hydrogen-bond donors (Lipinski definition) is 2. The van der Waals surface area contributed by atoms with Gasteiger partial charge in [-0.2, -0.15) is 0 Å². The summed E-state index contributed by atoms with van der Waals surface area (Å²) in [5.74, 6) is -0.889. The Morgan fingerprint density at radius 1 is 1.15 bits per heavy atom. The lowest BCUT2D eigenvalue weighted by Crippen LogP contribution is -2.45. The van der Waals surface area contributed by atoms with Crippen molar-refractivity contribution in [2.45, 2.75) is 44.2 Å². The standard InChI is InChI=1S/C23H29NO3/c1-16-15-18(12-13-19(16)22(25)26)23(27)14-8-7-11-20(23)21(24(2)3)17-9-5-4-6-10-17/h4-6,9-10,12-13,15,20-21,27H,7-8,11,14H2,1-3H3,(H,25,26). The first-order chi connectivity index (χ1) is 12.8. The predicted octanol–water partition coefficient (Wildman–Crippen LogP) is 4.37. The fourth-order valence-electron chi connectivity index (χ4n) is 4.67. The SMILES string of the molecule is Cc1cc(C2(O)CCCCC2C(c2ccccc2)N(C)C)ccc1C(=O)O. The number of aliphatic hydroxyl groups is 1. The van der Waals surface area contributed by atoms with Gasteiger partial charge in [-0.1, -0.05) is 55.3 Å². The Morgan fingerprint density at radius 3 is 2.44 bits per heavy atom. The second-order valence-electron chi connectivity index (χ2n) is 7.93.